The number of hydrogen-bond donors (Lipinski definition) is 2. The molecule has 0 bridgehead atoms. The Hall–Kier alpha value is 0.0400. The van der Waals surface area contributed by atoms with Crippen molar-refractivity contribution in [3.63, 3.8) is 0 Å². The monoisotopic (exact) mass is 276 g/mol. The average Bonchev–Trinajstić information content (AvgIpc) is 2.30. The Balaban J connectivity index is 0.00000162. The number of aromatic hydroxyl groups is 2. The van der Waals surface area contributed by atoms with Crippen LogP contribution in [-0.2, 0) is 5.41 Å². The molecule has 0 saturated carbocycles. The van der Waals surface area contributed by atoms with E-state index in [1.54, 1.807) is 24.3 Å². The molecule has 0 atom stereocenters. The van der Waals surface area contributed by atoms with Gasteiger partial charge < -0.3 is 10.2 Å². The van der Waals surface area contributed by atoms with E-state index in [4.69, 9.17) is 0 Å². The van der Waals surface area contributed by atoms with Gasteiger partial charge in [-0.3, -0.25) is 0 Å². The first kappa shape index (κ1) is 19.0. The van der Waals surface area contributed by atoms with E-state index in [1.165, 1.54) is 0 Å². The van der Waals surface area contributed by atoms with Crippen LogP contribution in [-0.4, -0.2) is 69.3 Å². The Kier molecular flexibility index (Phi) is 7.74. The predicted molar refractivity (Wildman–Crippen MR) is 82.6 cm³/mol. The van der Waals surface area contributed by atoms with Crippen molar-refractivity contribution in [2.45, 2.75) is 19.3 Å². The van der Waals surface area contributed by atoms with E-state index < -0.39 is 0 Å². The molecule has 0 spiro atoms. The van der Waals surface area contributed by atoms with Gasteiger partial charge in [0.2, 0.25) is 0 Å². The van der Waals surface area contributed by atoms with E-state index in [-0.39, 0.29) is 76.0 Å². The number of phenolic OH excluding ortho intramolecular Hbond substituents is 2. The summed E-state index contributed by atoms with van der Waals surface area (Å²) in [4.78, 5) is 0. The van der Waals surface area contributed by atoms with Crippen LogP contribution >= 0.6 is 0 Å². The van der Waals surface area contributed by atoms with Gasteiger partial charge in [0, 0.05) is 5.41 Å². The van der Waals surface area contributed by atoms with Crippen LogP contribution in [0.3, 0.4) is 0 Å². The molecule has 0 aliphatic heterocycles. The second-order valence-corrected chi connectivity index (χ2v) is 4.72. The summed E-state index contributed by atoms with van der Waals surface area (Å²) in [6, 6.07) is 14.4. The molecule has 2 aromatic carbocycles. The molecule has 2 nitrogen and oxygen atoms in total. The first-order valence-electron chi connectivity index (χ1n) is 5.59. The van der Waals surface area contributed by atoms with Gasteiger partial charge in [0.05, 0.1) is 0 Å². The first-order chi connectivity index (χ1) is 8.00. The third kappa shape index (κ3) is 4.52. The van der Waals surface area contributed by atoms with Crippen molar-refractivity contribution in [3.8, 4) is 11.5 Å². The molecular weight excluding hydrogens is 258 g/mol. The predicted octanol–water partition coefficient (Wildman–Crippen LogP) is 2.13. The molecule has 0 aliphatic carbocycles. The molecule has 0 saturated heterocycles. The Bertz CT molecular complexity index is 457. The van der Waals surface area contributed by atoms with Gasteiger partial charge in [0.15, 0.2) is 0 Å². The number of phenols is 2. The van der Waals surface area contributed by atoms with Gasteiger partial charge in [0.1, 0.15) is 11.5 Å². The molecule has 0 fully saturated rings. The van der Waals surface area contributed by atoms with Gasteiger partial charge in [-0.05, 0) is 35.4 Å². The molecule has 0 aromatic heterocycles. The molecule has 0 heterocycles. The van der Waals surface area contributed by atoms with Crippen LogP contribution in [0, 0.1) is 0 Å². The van der Waals surface area contributed by atoms with E-state index in [1.807, 2.05) is 24.3 Å². The van der Waals surface area contributed by atoms with Crippen LogP contribution < -0.4 is 0 Å². The molecule has 0 radical (unpaired) electrons. The average molecular weight is 276 g/mol. The van der Waals surface area contributed by atoms with Gasteiger partial charge in [-0.1, -0.05) is 38.1 Å². The van der Waals surface area contributed by atoms with Crippen molar-refractivity contribution in [1.82, 2.24) is 0 Å². The SMILES string of the molecule is CC(C)(c1ccc(O)cc1)c1ccc(O)cc1.[NaH].[NaH]. The summed E-state index contributed by atoms with van der Waals surface area (Å²) in [5, 5.41) is 18.6. The Morgan fingerprint density at radius 3 is 1.16 bits per heavy atom. The molecule has 0 amide bonds. The van der Waals surface area contributed by atoms with E-state index in [9.17, 15) is 10.2 Å². The number of rotatable bonds is 2. The summed E-state index contributed by atoms with van der Waals surface area (Å²) < 4.78 is 0. The van der Waals surface area contributed by atoms with Gasteiger partial charge in [-0.2, -0.15) is 0 Å². The molecule has 19 heavy (non-hydrogen) atoms. The summed E-state index contributed by atoms with van der Waals surface area (Å²) >= 11 is 0. The summed E-state index contributed by atoms with van der Waals surface area (Å²) in [6.45, 7) is 4.23. The van der Waals surface area contributed by atoms with Crippen LogP contribution in [0.1, 0.15) is 25.0 Å². The zero-order chi connectivity index (χ0) is 12.5. The molecular formula is C15H18Na2O2. The number of hydrogen-bond acceptors (Lipinski definition) is 2. The summed E-state index contributed by atoms with van der Waals surface area (Å²) in [6.07, 6.45) is 0. The Morgan fingerprint density at radius 1 is 0.632 bits per heavy atom. The second-order valence-electron chi connectivity index (χ2n) is 4.72. The molecule has 2 aromatic rings. The molecule has 2 N–H and O–H groups in total. The maximum atomic E-state index is 9.30. The summed E-state index contributed by atoms with van der Waals surface area (Å²) in [7, 11) is 0. The van der Waals surface area contributed by atoms with Crippen LogP contribution in [0.2, 0.25) is 0 Å². The van der Waals surface area contributed by atoms with Crippen LogP contribution in [0.5, 0.6) is 11.5 Å². The first-order valence-corrected chi connectivity index (χ1v) is 5.59. The quantitative estimate of drug-likeness (QED) is 0.825. The van der Waals surface area contributed by atoms with Crippen molar-refractivity contribution in [2.24, 2.45) is 0 Å². The van der Waals surface area contributed by atoms with Crippen molar-refractivity contribution in [1.29, 1.82) is 0 Å². The van der Waals surface area contributed by atoms with Crippen molar-refractivity contribution < 1.29 is 10.2 Å². The van der Waals surface area contributed by atoms with Crippen molar-refractivity contribution in [3.05, 3.63) is 59.7 Å². The normalized spacial score (nSPS) is 10.2. The molecule has 0 aliphatic rings. The topological polar surface area (TPSA) is 40.5 Å². The Labute approximate surface area is 158 Å². The fraction of sp³-hybridized carbons (Fsp3) is 0.200. The van der Waals surface area contributed by atoms with Crippen LogP contribution in [0.25, 0.3) is 0 Å². The van der Waals surface area contributed by atoms with Gasteiger partial charge in [-0.15, -0.1) is 0 Å². The van der Waals surface area contributed by atoms with Crippen molar-refractivity contribution >= 4 is 59.1 Å². The fourth-order valence-electron chi connectivity index (χ4n) is 1.92. The second kappa shape index (κ2) is 7.72. The standard InChI is InChI=1S/C15H16O2.2Na.2H/c1-15(2,11-3-7-13(16)8-4-11)12-5-9-14(17)10-6-12;;;;/h3-10,16-17H,1-2H3;;;;. The van der Waals surface area contributed by atoms with E-state index in [2.05, 4.69) is 13.8 Å². The van der Waals surface area contributed by atoms with Gasteiger partial charge in [0.25, 0.3) is 0 Å². The molecule has 0 unspecified atom stereocenters. The summed E-state index contributed by atoms with van der Waals surface area (Å²) in [5.74, 6) is 0.547. The van der Waals surface area contributed by atoms with E-state index in [0.717, 1.165) is 11.1 Å². The summed E-state index contributed by atoms with van der Waals surface area (Å²) in [5.41, 5.74) is 2.10. The van der Waals surface area contributed by atoms with E-state index in [0.29, 0.717) is 0 Å². The van der Waals surface area contributed by atoms with Gasteiger partial charge in [-0.25, -0.2) is 0 Å². The molecule has 4 heteroatoms. The minimum absolute atomic E-state index is 0. The van der Waals surface area contributed by atoms with Gasteiger partial charge >= 0.3 is 59.1 Å². The Morgan fingerprint density at radius 2 is 0.895 bits per heavy atom. The zero-order valence-corrected chi connectivity index (χ0v) is 10.0. The third-order valence-electron chi connectivity index (χ3n) is 3.18. The van der Waals surface area contributed by atoms with Crippen LogP contribution in [0.15, 0.2) is 48.5 Å². The zero-order valence-electron chi connectivity index (χ0n) is 10.0. The third-order valence-corrected chi connectivity index (χ3v) is 3.18. The van der Waals surface area contributed by atoms with E-state index >= 15 is 0 Å². The minimum atomic E-state index is -0.151. The van der Waals surface area contributed by atoms with Crippen molar-refractivity contribution in [2.75, 3.05) is 0 Å². The fourth-order valence-corrected chi connectivity index (χ4v) is 1.92. The molecule has 2 rings (SSSR count). The maximum absolute atomic E-state index is 9.30. The number of benzene rings is 2. The van der Waals surface area contributed by atoms with Crippen LogP contribution in [0.4, 0.5) is 0 Å². The molecule has 92 valence electrons.